The van der Waals surface area contributed by atoms with E-state index in [0.717, 1.165) is 95.7 Å². The van der Waals surface area contributed by atoms with Gasteiger partial charge in [-0.1, -0.05) is 93.3 Å². The Morgan fingerprint density at radius 1 is 0.542 bits per heavy atom. The zero-order valence-electron chi connectivity index (χ0n) is 48.6. The van der Waals surface area contributed by atoms with Crippen molar-refractivity contribution in [1.82, 2.24) is 53.2 Å². The summed E-state index contributed by atoms with van der Waals surface area (Å²) in [4.78, 5) is 109. The number of rotatable bonds is 32. The van der Waals surface area contributed by atoms with Gasteiger partial charge in [0.2, 0.25) is 11.8 Å². The van der Waals surface area contributed by atoms with Crippen molar-refractivity contribution in [3.05, 3.63) is 84.4 Å². The maximum Gasteiger partial charge on any atom is 0.326 e. The summed E-state index contributed by atoms with van der Waals surface area (Å²) < 4.78 is 0. The summed E-state index contributed by atoms with van der Waals surface area (Å²) >= 11 is 0. The first-order chi connectivity index (χ1) is 39.3. The van der Waals surface area contributed by atoms with Crippen LogP contribution >= 0.6 is 0 Å². The Labute approximate surface area is 515 Å². The van der Waals surface area contributed by atoms with Crippen molar-refractivity contribution in [2.45, 2.75) is 146 Å². The minimum atomic E-state index is -1.44. The molecule has 14 N–H and O–H groups in total. The first-order valence-corrected chi connectivity index (χ1v) is 29.1. The van der Waals surface area contributed by atoms with Crippen LogP contribution in [0.3, 0.4) is 0 Å². The maximum atomic E-state index is 13.6. The Morgan fingerprint density at radius 3 is 1.47 bits per heavy atom. The molecule has 0 saturated carbocycles. The van der Waals surface area contributed by atoms with Crippen LogP contribution in [0.15, 0.2) is 60.7 Å². The molecule has 2 aromatic rings. The summed E-state index contributed by atoms with van der Waals surface area (Å²) in [7, 11) is 0. The Kier molecular flexibility index (Phi) is 37.8. The number of benzene rings is 2. The van der Waals surface area contributed by atoms with Crippen molar-refractivity contribution < 1.29 is 91.2 Å². The van der Waals surface area contributed by atoms with E-state index < -0.39 is 65.8 Å². The van der Waals surface area contributed by atoms with Crippen LogP contribution in [0, 0.1) is 18.3 Å². The van der Waals surface area contributed by atoms with E-state index in [0.29, 0.717) is 58.2 Å². The molecule has 2 bridgehead atoms. The number of ketones is 2. The second-order valence-electron chi connectivity index (χ2n) is 21.9. The molecular formula is C59H93N11O12Y-2. The average Bonchev–Trinajstić information content (AvgIpc) is 3.45. The second-order valence-corrected chi connectivity index (χ2v) is 21.9. The topological polar surface area (TPSA) is 358 Å². The van der Waals surface area contributed by atoms with Crippen molar-refractivity contribution in [3.8, 4) is 0 Å². The largest absolute Gasteiger partial charge is 0.668 e. The number of hydrogen-bond acceptors (Lipinski definition) is 15. The van der Waals surface area contributed by atoms with E-state index in [4.69, 9.17) is 15.9 Å². The maximum absolute atomic E-state index is 13.6. The minimum Gasteiger partial charge on any atom is -0.668 e. The van der Waals surface area contributed by atoms with Gasteiger partial charge in [-0.15, -0.1) is 0 Å². The zero-order chi connectivity index (χ0) is 60.0. The molecule has 5 amide bonds. The number of carboxylic acids is 3. The van der Waals surface area contributed by atoms with Crippen LogP contribution in [0.4, 0.5) is 4.79 Å². The molecule has 0 aliphatic carbocycles. The van der Waals surface area contributed by atoms with Crippen LogP contribution in [-0.2, 0) is 83.9 Å². The molecule has 461 valence electrons. The normalized spacial score (nSPS) is 19.2. The number of hydrogen-bond donors (Lipinski definition) is 13. The fraction of sp³-hybridized carbons (Fsp3) is 0.627. The summed E-state index contributed by atoms with van der Waals surface area (Å²) in [6, 6.07) is 14.3. The molecule has 23 nitrogen and oxygen atoms in total. The van der Waals surface area contributed by atoms with Crippen LogP contribution in [0.5, 0.6) is 0 Å². The third kappa shape index (κ3) is 33.1. The molecule has 3 saturated heterocycles. The smallest absolute Gasteiger partial charge is 0.326 e. The molecule has 24 heteroatoms. The van der Waals surface area contributed by atoms with Gasteiger partial charge in [0.15, 0.2) is 5.78 Å². The number of nitrogens with one attached hydrogen (secondary N) is 11. The number of Topliss-reactive ketones (excluding diaryl/α,β-unsaturated/α-hetero) is 2. The fourth-order valence-corrected chi connectivity index (χ4v) is 9.65. The quantitative estimate of drug-likeness (QED) is 0.0370. The zero-order valence-corrected chi connectivity index (χ0v) is 51.4. The van der Waals surface area contributed by atoms with Crippen molar-refractivity contribution in [2.75, 3.05) is 78.5 Å². The molecule has 3 heterocycles. The van der Waals surface area contributed by atoms with Crippen molar-refractivity contribution in [1.29, 1.82) is 0 Å². The first kappa shape index (κ1) is 73.8. The molecule has 3 aliphatic rings. The number of amides is 5. The van der Waals surface area contributed by atoms with Crippen molar-refractivity contribution >= 4 is 53.2 Å². The van der Waals surface area contributed by atoms with Gasteiger partial charge in [0.1, 0.15) is 17.9 Å². The van der Waals surface area contributed by atoms with E-state index in [-0.39, 0.29) is 106 Å². The van der Waals surface area contributed by atoms with Crippen LogP contribution in [0.25, 0.3) is 5.73 Å². The number of fused-ring (bicyclic) bond motifs is 15. The third-order valence-electron chi connectivity index (χ3n) is 14.4. The van der Waals surface area contributed by atoms with E-state index in [1.165, 1.54) is 0 Å². The summed E-state index contributed by atoms with van der Waals surface area (Å²) in [6.07, 6.45) is 6.78. The van der Waals surface area contributed by atoms with Gasteiger partial charge >= 0.3 is 23.9 Å². The van der Waals surface area contributed by atoms with E-state index in [9.17, 15) is 48.3 Å². The van der Waals surface area contributed by atoms with E-state index >= 15 is 0 Å². The van der Waals surface area contributed by atoms with Gasteiger partial charge in [0, 0.05) is 161 Å². The summed E-state index contributed by atoms with van der Waals surface area (Å²) in [5.74, 6) is -6.05. The summed E-state index contributed by atoms with van der Waals surface area (Å²) in [5, 5.41) is 58.8. The first-order valence-electron chi connectivity index (χ1n) is 29.1. The Morgan fingerprint density at radius 2 is 1.00 bits per heavy atom. The molecular weight excluding hydrogens is 1140 g/mol. The second kappa shape index (κ2) is 42.5. The van der Waals surface area contributed by atoms with E-state index in [1.54, 1.807) is 0 Å². The Hall–Kier alpha value is -5.27. The molecule has 4 unspecified atom stereocenters. The van der Waals surface area contributed by atoms with Gasteiger partial charge < -0.3 is 85.9 Å². The summed E-state index contributed by atoms with van der Waals surface area (Å²) in [5.41, 5.74) is 9.08. The summed E-state index contributed by atoms with van der Waals surface area (Å²) in [6.45, 7) is 15.2. The number of carbonyl (C=O) groups excluding carboxylic acids is 6. The number of urea groups is 1. The monoisotopic (exact) mass is 1240 g/mol. The van der Waals surface area contributed by atoms with E-state index in [1.807, 2.05) is 60.7 Å². The van der Waals surface area contributed by atoms with Crippen LogP contribution < -0.4 is 53.2 Å². The van der Waals surface area contributed by atoms with E-state index in [2.05, 4.69) is 67.0 Å². The van der Waals surface area contributed by atoms with Crippen LogP contribution in [-0.4, -0.2) is 171 Å². The molecule has 3 fully saturated rings. The number of carbonyl (C=O) groups is 9. The SMILES string of the molecule is CC12CNCCNCC(NC(=O)CCCC(=O)NC(Cc3ccccc3)C(=O)CC(Cc3ccccc3)C([NH-])=O)(CNCCNC1)CNCCNC2.[CH2-]CCCCCC(=O)CCCCCC(NC(=O)NC(CCC(=O)O)C(=O)O)C(=O)O.[Y]. The number of aliphatic carboxylic acids is 3. The molecule has 3 aliphatic heterocycles. The minimum absolute atomic E-state index is 0. The standard InChI is InChI=1S/C39H61N9O4.C20H33N2O8.Y/c1-38-24-41-15-18-44-27-39(28-45-19-16-42-25-38,29-46-20-17-43-26-38)48-36(51)14-8-13-35(50)47-33(22-31-11-6-3-7-12-31)34(49)23-32(37(40)52)21-30-9-4-2-5-10-30;1-2-3-4-6-9-14(23)10-7-5-8-11-15(18(26)27)21-20(30)22-16(19(28)29)12-13-17(24)25;/h2-7,9-12,32-33,41-46H,8,13-29H2,1H3,(H4,40,47,48,50,51,52);15-16H,1-13H2,(H,24,25)(H,26,27)(H,28,29)(H2,21,22,30);/q;-1;/p-1. The fourth-order valence-electron chi connectivity index (χ4n) is 9.65. The predicted molar refractivity (Wildman–Crippen MR) is 313 cm³/mol. The van der Waals surface area contributed by atoms with Gasteiger partial charge in [-0.3, -0.25) is 24.0 Å². The van der Waals surface area contributed by atoms with Crippen molar-refractivity contribution in [2.24, 2.45) is 11.3 Å². The van der Waals surface area contributed by atoms with Gasteiger partial charge in [0.05, 0.1) is 17.5 Å². The third-order valence-corrected chi connectivity index (χ3v) is 14.4. The molecule has 0 spiro atoms. The average molecular weight is 1240 g/mol. The van der Waals surface area contributed by atoms with Crippen molar-refractivity contribution in [3.63, 3.8) is 0 Å². The molecule has 4 atom stereocenters. The van der Waals surface area contributed by atoms with Gasteiger partial charge in [0.25, 0.3) is 0 Å². The molecule has 2 aromatic carbocycles. The van der Waals surface area contributed by atoms with Crippen LogP contribution in [0.2, 0.25) is 0 Å². The Balaban J connectivity index is 0.000000650. The van der Waals surface area contributed by atoms with Gasteiger partial charge in [-0.05, 0) is 56.1 Å². The molecule has 0 aromatic heterocycles. The number of carboxylic acid groups (broad SMARTS) is 3. The molecule has 1 radical (unpaired) electrons. The Bertz CT molecular complexity index is 2220. The molecule has 83 heavy (non-hydrogen) atoms. The van der Waals surface area contributed by atoms with Crippen LogP contribution in [0.1, 0.15) is 121 Å². The molecule has 5 rings (SSSR count). The predicted octanol–water partition coefficient (Wildman–Crippen LogP) is 3.07. The number of unbranched alkanes of at least 4 members (excludes halogenated alkanes) is 5. The van der Waals surface area contributed by atoms with Gasteiger partial charge in [-0.2, -0.15) is 6.42 Å². The van der Waals surface area contributed by atoms with Gasteiger partial charge in [-0.25, -0.2) is 14.4 Å².